The van der Waals surface area contributed by atoms with Gasteiger partial charge in [-0.25, -0.2) is 0 Å². The van der Waals surface area contributed by atoms with Gasteiger partial charge < -0.3 is 10.4 Å². The van der Waals surface area contributed by atoms with Crippen molar-refractivity contribution in [3.63, 3.8) is 0 Å². The van der Waals surface area contributed by atoms with Crippen LogP contribution in [0, 0.1) is 0 Å². The standard InChI is InChI=1S/C9H15NO3/c1-7(11)10-9(4-2-5-9)6-3-8(12)13/h2-6H2,1H3,(H,10,11)(H,12,13). The lowest BCUT2D eigenvalue weighted by atomic mass is 9.73. The van der Waals surface area contributed by atoms with Gasteiger partial charge in [0.25, 0.3) is 0 Å². The van der Waals surface area contributed by atoms with E-state index in [1.807, 2.05) is 0 Å². The van der Waals surface area contributed by atoms with E-state index in [0.717, 1.165) is 19.3 Å². The van der Waals surface area contributed by atoms with Crippen LogP contribution in [0.3, 0.4) is 0 Å². The molecule has 0 aromatic carbocycles. The number of rotatable bonds is 4. The number of aliphatic carboxylic acids is 1. The lowest BCUT2D eigenvalue weighted by molar-refractivity contribution is -0.138. The zero-order valence-corrected chi connectivity index (χ0v) is 7.80. The molecule has 0 heterocycles. The van der Waals surface area contributed by atoms with Crippen LogP contribution in [0.25, 0.3) is 0 Å². The van der Waals surface area contributed by atoms with E-state index in [-0.39, 0.29) is 17.9 Å². The third-order valence-electron chi connectivity index (χ3n) is 2.57. The smallest absolute Gasteiger partial charge is 0.303 e. The number of carbonyl (C=O) groups excluding carboxylic acids is 1. The molecule has 1 aliphatic carbocycles. The summed E-state index contributed by atoms with van der Waals surface area (Å²) in [6.45, 7) is 1.47. The number of carboxylic acid groups (broad SMARTS) is 1. The zero-order chi connectivity index (χ0) is 9.90. The van der Waals surface area contributed by atoms with E-state index in [0.29, 0.717) is 6.42 Å². The molecule has 1 aliphatic rings. The van der Waals surface area contributed by atoms with E-state index in [1.165, 1.54) is 6.92 Å². The molecule has 2 N–H and O–H groups in total. The molecule has 0 radical (unpaired) electrons. The third kappa shape index (κ3) is 2.72. The van der Waals surface area contributed by atoms with Crippen molar-refractivity contribution < 1.29 is 14.7 Å². The van der Waals surface area contributed by atoms with Gasteiger partial charge in [-0.1, -0.05) is 0 Å². The molecule has 0 spiro atoms. The van der Waals surface area contributed by atoms with Crippen LogP contribution in [0.5, 0.6) is 0 Å². The van der Waals surface area contributed by atoms with Crippen LogP contribution >= 0.6 is 0 Å². The molecule has 1 rings (SSSR count). The highest BCUT2D eigenvalue weighted by atomic mass is 16.4. The lowest BCUT2D eigenvalue weighted by Gasteiger charge is -2.42. The van der Waals surface area contributed by atoms with Crippen molar-refractivity contribution in [2.75, 3.05) is 0 Å². The Bertz CT molecular complexity index is 221. The fourth-order valence-electron chi connectivity index (χ4n) is 1.76. The minimum Gasteiger partial charge on any atom is -0.481 e. The van der Waals surface area contributed by atoms with Crippen LogP contribution in [0.2, 0.25) is 0 Å². The molecular formula is C9H15NO3. The molecule has 4 heteroatoms. The maximum Gasteiger partial charge on any atom is 0.303 e. The molecule has 1 amide bonds. The predicted molar refractivity (Wildman–Crippen MR) is 47.3 cm³/mol. The Balaban J connectivity index is 2.40. The average Bonchev–Trinajstić information content (AvgIpc) is 1.93. The first-order chi connectivity index (χ1) is 6.04. The Morgan fingerprint density at radius 1 is 1.46 bits per heavy atom. The van der Waals surface area contributed by atoms with Crippen molar-refractivity contribution in [3.8, 4) is 0 Å². The summed E-state index contributed by atoms with van der Waals surface area (Å²) in [5.74, 6) is -0.860. The molecule has 1 fully saturated rings. The summed E-state index contributed by atoms with van der Waals surface area (Å²) in [6.07, 6.45) is 3.61. The number of hydrogen-bond donors (Lipinski definition) is 2. The van der Waals surface area contributed by atoms with Crippen molar-refractivity contribution >= 4 is 11.9 Å². The summed E-state index contributed by atoms with van der Waals surface area (Å²) < 4.78 is 0. The maximum atomic E-state index is 10.8. The normalized spacial score (nSPS) is 18.8. The minimum absolute atomic E-state index is 0.0647. The van der Waals surface area contributed by atoms with Crippen molar-refractivity contribution in [2.45, 2.75) is 44.6 Å². The first kappa shape index (κ1) is 10.0. The minimum atomic E-state index is -0.795. The summed E-state index contributed by atoms with van der Waals surface area (Å²) in [5, 5.41) is 11.4. The lowest BCUT2D eigenvalue weighted by Crippen LogP contribution is -2.53. The van der Waals surface area contributed by atoms with Gasteiger partial charge in [0.1, 0.15) is 0 Å². The Hall–Kier alpha value is -1.06. The van der Waals surface area contributed by atoms with E-state index in [1.54, 1.807) is 0 Å². The predicted octanol–water partition coefficient (Wildman–Crippen LogP) is 0.910. The van der Waals surface area contributed by atoms with Crippen molar-refractivity contribution in [3.05, 3.63) is 0 Å². The number of nitrogens with one attached hydrogen (secondary N) is 1. The first-order valence-corrected chi connectivity index (χ1v) is 4.55. The molecule has 13 heavy (non-hydrogen) atoms. The highest BCUT2D eigenvalue weighted by Crippen LogP contribution is 2.35. The Labute approximate surface area is 77.3 Å². The quantitative estimate of drug-likeness (QED) is 0.684. The summed E-state index contributed by atoms with van der Waals surface area (Å²) in [4.78, 5) is 21.2. The SMILES string of the molecule is CC(=O)NC1(CCC(=O)O)CCC1. The van der Waals surface area contributed by atoms with Gasteiger partial charge >= 0.3 is 5.97 Å². The summed E-state index contributed by atoms with van der Waals surface area (Å²) in [6, 6.07) is 0. The average molecular weight is 185 g/mol. The fraction of sp³-hybridized carbons (Fsp3) is 0.778. The molecule has 0 unspecified atom stereocenters. The second-order valence-corrected chi connectivity index (χ2v) is 3.71. The molecule has 0 bridgehead atoms. The van der Waals surface area contributed by atoms with Crippen LogP contribution in [0.15, 0.2) is 0 Å². The number of carbonyl (C=O) groups is 2. The van der Waals surface area contributed by atoms with Gasteiger partial charge in [0.05, 0.1) is 0 Å². The zero-order valence-electron chi connectivity index (χ0n) is 7.80. The van der Waals surface area contributed by atoms with E-state index >= 15 is 0 Å². The molecular weight excluding hydrogens is 170 g/mol. The van der Waals surface area contributed by atoms with E-state index in [9.17, 15) is 9.59 Å². The monoisotopic (exact) mass is 185 g/mol. The van der Waals surface area contributed by atoms with Crippen molar-refractivity contribution in [1.82, 2.24) is 5.32 Å². The number of amides is 1. The van der Waals surface area contributed by atoms with Crippen molar-refractivity contribution in [1.29, 1.82) is 0 Å². The van der Waals surface area contributed by atoms with Gasteiger partial charge in [0, 0.05) is 18.9 Å². The third-order valence-corrected chi connectivity index (χ3v) is 2.57. The van der Waals surface area contributed by atoms with Crippen LogP contribution < -0.4 is 5.32 Å². The largest absolute Gasteiger partial charge is 0.481 e. The number of carboxylic acids is 1. The highest BCUT2D eigenvalue weighted by Gasteiger charge is 2.37. The van der Waals surface area contributed by atoms with E-state index in [2.05, 4.69) is 5.32 Å². The number of hydrogen-bond acceptors (Lipinski definition) is 2. The molecule has 4 nitrogen and oxygen atoms in total. The van der Waals surface area contributed by atoms with Crippen LogP contribution in [0.4, 0.5) is 0 Å². The summed E-state index contributed by atoms with van der Waals surface area (Å²) in [5.41, 5.74) is -0.204. The van der Waals surface area contributed by atoms with Gasteiger partial charge in [-0.2, -0.15) is 0 Å². The second kappa shape index (κ2) is 3.77. The fourth-order valence-corrected chi connectivity index (χ4v) is 1.76. The first-order valence-electron chi connectivity index (χ1n) is 4.55. The van der Waals surface area contributed by atoms with Gasteiger partial charge in [0.2, 0.25) is 5.91 Å². The molecule has 0 saturated heterocycles. The summed E-state index contributed by atoms with van der Waals surface area (Å²) >= 11 is 0. The van der Waals surface area contributed by atoms with Crippen LogP contribution in [-0.4, -0.2) is 22.5 Å². The Kier molecular flexibility index (Phi) is 2.90. The molecule has 0 aliphatic heterocycles. The molecule has 0 atom stereocenters. The van der Waals surface area contributed by atoms with Gasteiger partial charge in [0.15, 0.2) is 0 Å². The molecule has 0 aromatic heterocycles. The second-order valence-electron chi connectivity index (χ2n) is 3.71. The van der Waals surface area contributed by atoms with E-state index < -0.39 is 5.97 Å². The van der Waals surface area contributed by atoms with Gasteiger partial charge in [-0.05, 0) is 25.7 Å². The Morgan fingerprint density at radius 2 is 2.08 bits per heavy atom. The van der Waals surface area contributed by atoms with Crippen LogP contribution in [-0.2, 0) is 9.59 Å². The van der Waals surface area contributed by atoms with Gasteiger partial charge in [-0.15, -0.1) is 0 Å². The molecule has 1 saturated carbocycles. The maximum absolute atomic E-state index is 10.8. The van der Waals surface area contributed by atoms with E-state index in [4.69, 9.17) is 5.11 Å². The topological polar surface area (TPSA) is 66.4 Å². The molecule has 74 valence electrons. The summed E-state index contributed by atoms with van der Waals surface area (Å²) in [7, 11) is 0. The Morgan fingerprint density at radius 3 is 2.38 bits per heavy atom. The highest BCUT2D eigenvalue weighted by molar-refractivity contribution is 5.74. The van der Waals surface area contributed by atoms with Gasteiger partial charge in [-0.3, -0.25) is 9.59 Å². The van der Waals surface area contributed by atoms with Crippen LogP contribution in [0.1, 0.15) is 39.0 Å². The molecule has 0 aromatic rings. The van der Waals surface area contributed by atoms with Crippen molar-refractivity contribution in [2.24, 2.45) is 0 Å².